The van der Waals surface area contributed by atoms with Crippen molar-refractivity contribution in [1.29, 1.82) is 0 Å². The zero-order valence-electron chi connectivity index (χ0n) is 16.1. The Bertz CT molecular complexity index is 1050. The van der Waals surface area contributed by atoms with E-state index >= 15 is 0 Å². The molecule has 0 bridgehead atoms. The van der Waals surface area contributed by atoms with E-state index in [0.717, 1.165) is 18.4 Å². The minimum absolute atomic E-state index is 0.216. The van der Waals surface area contributed by atoms with Crippen molar-refractivity contribution in [3.05, 3.63) is 40.9 Å². The van der Waals surface area contributed by atoms with Crippen LogP contribution in [0.15, 0.2) is 34.5 Å². The van der Waals surface area contributed by atoms with Gasteiger partial charge in [-0.2, -0.15) is 4.31 Å². The molecule has 10 heteroatoms. The fraction of sp³-hybridized carbons (Fsp3) is 0.421. The summed E-state index contributed by atoms with van der Waals surface area (Å²) in [6.07, 6.45) is 1.55. The van der Waals surface area contributed by atoms with E-state index in [1.54, 1.807) is 29.6 Å². The molecule has 1 saturated carbocycles. The van der Waals surface area contributed by atoms with Gasteiger partial charge in [0.15, 0.2) is 5.13 Å². The van der Waals surface area contributed by atoms with Gasteiger partial charge in [-0.15, -0.1) is 11.3 Å². The number of nitrogens with zero attached hydrogens (tertiary/aromatic N) is 2. The largest absolute Gasteiger partial charge is 0.346 e. The van der Waals surface area contributed by atoms with Gasteiger partial charge in [-0.25, -0.2) is 13.4 Å². The van der Waals surface area contributed by atoms with Crippen LogP contribution in [0.25, 0.3) is 0 Å². The highest BCUT2D eigenvalue weighted by molar-refractivity contribution is 7.89. The number of benzene rings is 1. The summed E-state index contributed by atoms with van der Waals surface area (Å²) in [7, 11) is -3.61. The molecule has 2 heterocycles. The van der Waals surface area contributed by atoms with Crippen LogP contribution >= 0.6 is 11.3 Å². The summed E-state index contributed by atoms with van der Waals surface area (Å²) in [5.41, 5.74) is 1.21. The van der Waals surface area contributed by atoms with Crippen LogP contribution in [-0.2, 0) is 14.8 Å². The van der Waals surface area contributed by atoms with Gasteiger partial charge in [-0.3, -0.25) is 9.59 Å². The van der Waals surface area contributed by atoms with Gasteiger partial charge >= 0.3 is 0 Å². The first-order valence-corrected chi connectivity index (χ1v) is 11.7. The zero-order valence-corrected chi connectivity index (χ0v) is 17.7. The van der Waals surface area contributed by atoms with Crippen molar-refractivity contribution in [3.63, 3.8) is 0 Å². The average molecular weight is 435 g/mol. The van der Waals surface area contributed by atoms with Crippen LogP contribution in [0, 0.1) is 12.8 Å². The van der Waals surface area contributed by atoms with Crippen molar-refractivity contribution >= 4 is 38.3 Å². The molecule has 1 aliphatic carbocycles. The van der Waals surface area contributed by atoms with Gasteiger partial charge in [0.2, 0.25) is 15.9 Å². The molecule has 1 aromatic heterocycles. The number of hydrogen-bond donors (Lipinski definition) is 2. The molecule has 1 aromatic carbocycles. The molecule has 2 amide bonds. The van der Waals surface area contributed by atoms with Crippen LogP contribution in [-0.4, -0.2) is 48.1 Å². The minimum atomic E-state index is -3.61. The maximum Gasteiger partial charge on any atom is 0.271 e. The van der Waals surface area contributed by atoms with Crippen LogP contribution in [0.4, 0.5) is 5.13 Å². The molecule has 154 valence electrons. The summed E-state index contributed by atoms with van der Waals surface area (Å²) in [6, 6.07) is 6.34. The quantitative estimate of drug-likeness (QED) is 0.748. The normalized spacial score (nSPS) is 23.9. The number of sulfonamides is 1. The number of nitrogens with one attached hydrogen (secondary N) is 2. The van der Waals surface area contributed by atoms with Crippen LogP contribution in [0.3, 0.4) is 0 Å². The molecule has 2 aromatic rings. The smallest absolute Gasteiger partial charge is 0.271 e. The number of aryl methyl sites for hydroxylation is 1. The van der Waals surface area contributed by atoms with Gasteiger partial charge in [0.1, 0.15) is 5.69 Å². The Hall–Kier alpha value is -2.30. The lowest BCUT2D eigenvalue weighted by molar-refractivity contribution is -0.114. The van der Waals surface area contributed by atoms with E-state index < -0.39 is 10.0 Å². The van der Waals surface area contributed by atoms with E-state index in [1.807, 2.05) is 6.92 Å². The summed E-state index contributed by atoms with van der Waals surface area (Å²) in [5.74, 6) is -0.358. The number of amides is 2. The van der Waals surface area contributed by atoms with Crippen molar-refractivity contribution in [2.75, 3.05) is 11.9 Å². The molecule has 3 atom stereocenters. The van der Waals surface area contributed by atoms with Crippen molar-refractivity contribution in [3.8, 4) is 0 Å². The highest BCUT2D eigenvalue weighted by atomic mass is 32.2. The Morgan fingerprint density at radius 1 is 1.24 bits per heavy atom. The van der Waals surface area contributed by atoms with Crippen LogP contribution in [0.5, 0.6) is 0 Å². The Kier molecular flexibility index (Phi) is 5.18. The molecule has 1 saturated heterocycles. The van der Waals surface area contributed by atoms with Gasteiger partial charge in [0.25, 0.3) is 5.91 Å². The van der Waals surface area contributed by atoms with Crippen LogP contribution in [0.1, 0.15) is 35.8 Å². The Labute approximate surface area is 173 Å². The third-order valence-corrected chi connectivity index (χ3v) is 8.14. The van der Waals surface area contributed by atoms with Gasteiger partial charge in [-0.05, 0) is 37.8 Å². The van der Waals surface area contributed by atoms with E-state index in [9.17, 15) is 18.0 Å². The third-order valence-electron chi connectivity index (χ3n) is 5.47. The molecule has 2 aliphatic rings. The highest BCUT2D eigenvalue weighted by Gasteiger charge is 2.53. The number of carbonyl (C=O) groups excluding carboxylic acids is 2. The first kappa shape index (κ1) is 20.0. The summed E-state index contributed by atoms with van der Waals surface area (Å²) < 4.78 is 27.7. The highest BCUT2D eigenvalue weighted by Crippen LogP contribution is 2.43. The fourth-order valence-corrected chi connectivity index (χ4v) is 6.48. The molecule has 2 N–H and O–H groups in total. The van der Waals surface area contributed by atoms with Gasteiger partial charge in [-0.1, -0.05) is 17.7 Å². The first-order valence-electron chi connectivity index (χ1n) is 9.38. The number of anilines is 1. The summed E-state index contributed by atoms with van der Waals surface area (Å²) >= 11 is 1.17. The number of hydrogen-bond acceptors (Lipinski definition) is 6. The molecular formula is C19H22N4O4S2. The lowest BCUT2D eigenvalue weighted by Crippen LogP contribution is -2.60. The van der Waals surface area contributed by atoms with Crippen LogP contribution < -0.4 is 10.6 Å². The second-order valence-electron chi connectivity index (χ2n) is 7.50. The number of aromatic nitrogens is 1. The number of fused-ring (bicyclic) bond motifs is 1. The zero-order chi connectivity index (χ0) is 20.8. The fourth-order valence-electron chi connectivity index (χ4n) is 4.00. The molecular weight excluding hydrogens is 412 g/mol. The van der Waals surface area contributed by atoms with E-state index in [0.29, 0.717) is 11.7 Å². The summed E-state index contributed by atoms with van der Waals surface area (Å²) in [4.78, 5) is 28.1. The van der Waals surface area contributed by atoms with Crippen molar-refractivity contribution < 1.29 is 18.0 Å². The van der Waals surface area contributed by atoms with Crippen molar-refractivity contribution in [2.24, 2.45) is 5.92 Å². The monoisotopic (exact) mass is 434 g/mol. The van der Waals surface area contributed by atoms with Crippen molar-refractivity contribution in [2.45, 2.75) is 43.7 Å². The Morgan fingerprint density at radius 2 is 1.97 bits per heavy atom. The second-order valence-corrected chi connectivity index (χ2v) is 10.3. The molecule has 8 nitrogen and oxygen atoms in total. The predicted octanol–water partition coefficient (Wildman–Crippen LogP) is 1.99. The van der Waals surface area contributed by atoms with Gasteiger partial charge in [0, 0.05) is 30.9 Å². The molecule has 0 spiro atoms. The lowest BCUT2D eigenvalue weighted by Gasteiger charge is -2.43. The van der Waals surface area contributed by atoms with E-state index in [1.165, 1.54) is 22.6 Å². The van der Waals surface area contributed by atoms with Crippen molar-refractivity contribution in [1.82, 2.24) is 14.6 Å². The van der Waals surface area contributed by atoms with Gasteiger partial charge in [0.05, 0.1) is 4.90 Å². The molecule has 4 rings (SSSR count). The average Bonchev–Trinajstić information content (AvgIpc) is 3.24. The maximum absolute atomic E-state index is 13.1. The molecule has 1 aliphatic heterocycles. The number of rotatable bonds is 5. The topological polar surface area (TPSA) is 108 Å². The van der Waals surface area contributed by atoms with E-state index in [-0.39, 0.29) is 40.4 Å². The predicted molar refractivity (Wildman–Crippen MR) is 109 cm³/mol. The van der Waals surface area contributed by atoms with Crippen LogP contribution in [0.2, 0.25) is 0 Å². The molecule has 0 radical (unpaired) electrons. The summed E-state index contributed by atoms with van der Waals surface area (Å²) in [5, 5.41) is 7.40. The molecule has 2 fully saturated rings. The summed E-state index contributed by atoms with van der Waals surface area (Å²) in [6.45, 7) is 3.75. The number of thiazole rings is 1. The SMILES string of the molecule is CC(=O)Nc1nc(C(=O)N[C@H]2C[C@H]3CCN(S(=O)(=O)c4ccc(C)cc4)[C@H]32)cs1. The third kappa shape index (κ3) is 3.79. The molecule has 29 heavy (non-hydrogen) atoms. The molecule has 0 unspecified atom stereocenters. The Morgan fingerprint density at radius 3 is 2.66 bits per heavy atom. The first-order chi connectivity index (χ1) is 13.8. The van der Waals surface area contributed by atoms with Gasteiger partial charge < -0.3 is 10.6 Å². The minimum Gasteiger partial charge on any atom is -0.346 e. The number of carbonyl (C=O) groups is 2. The van der Waals surface area contributed by atoms with E-state index in [2.05, 4.69) is 15.6 Å². The van der Waals surface area contributed by atoms with E-state index in [4.69, 9.17) is 0 Å². The standard InChI is InChI=1S/C19H22N4O4S2/c1-11-3-5-14(6-4-11)29(26,27)23-8-7-13-9-15(17(13)23)21-18(25)16-10-28-19(22-16)20-12(2)24/h3-6,10,13,15,17H,7-9H2,1-2H3,(H,21,25)(H,20,22,24)/t13-,15+,17-/m1/s1. The second kappa shape index (κ2) is 7.51. The lowest BCUT2D eigenvalue weighted by atomic mass is 9.76. The maximum atomic E-state index is 13.1. The Balaban J connectivity index is 1.47.